The minimum absolute atomic E-state index is 0.0458. The summed E-state index contributed by atoms with van der Waals surface area (Å²) >= 11 is 3.38. The van der Waals surface area contributed by atoms with Crippen molar-refractivity contribution in [3.8, 4) is 0 Å². The second-order valence-corrected chi connectivity index (χ2v) is 6.21. The standard InChI is InChI=1S/C14H20BrFN2O/c1-7-8(2)19-9(3)13(7)14(18-17)11-6-10(15)4-5-12(11)16/h4-9,13-14,18H,17H2,1-3H3. The summed E-state index contributed by atoms with van der Waals surface area (Å²) in [7, 11) is 0. The second-order valence-electron chi connectivity index (χ2n) is 5.29. The molecule has 3 N–H and O–H groups in total. The maximum absolute atomic E-state index is 14.1. The number of hydrogen-bond acceptors (Lipinski definition) is 3. The molecule has 1 heterocycles. The summed E-state index contributed by atoms with van der Waals surface area (Å²) in [4.78, 5) is 0. The van der Waals surface area contributed by atoms with Crippen molar-refractivity contribution >= 4 is 15.9 Å². The van der Waals surface area contributed by atoms with Crippen LogP contribution in [0.4, 0.5) is 4.39 Å². The molecule has 1 saturated heterocycles. The fraction of sp³-hybridized carbons (Fsp3) is 0.571. The molecule has 5 heteroatoms. The number of benzene rings is 1. The van der Waals surface area contributed by atoms with Gasteiger partial charge in [0.1, 0.15) is 5.82 Å². The number of rotatable bonds is 3. The molecule has 106 valence electrons. The van der Waals surface area contributed by atoms with E-state index in [1.807, 2.05) is 13.8 Å². The quantitative estimate of drug-likeness (QED) is 0.661. The molecule has 1 fully saturated rings. The topological polar surface area (TPSA) is 47.3 Å². The lowest BCUT2D eigenvalue weighted by Gasteiger charge is -2.29. The van der Waals surface area contributed by atoms with Crippen LogP contribution in [0.25, 0.3) is 0 Å². The van der Waals surface area contributed by atoms with Crippen molar-refractivity contribution in [2.24, 2.45) is 17.7 Å². The Kier molecular flexibility index (Phi) is 4.61. The zero-order valence-corrected chi connectivity index (χ0v) is 12.9. The van der Waals surface area contributed by atoms with Crippen LogP contribution >= 0.6 is 15.9 Å². The van der Waals surface area contributed by atoms with Crippen LogP contribution < -0.4 is 11.3 Å². The van der Waals surface area contributed by atoms with Gasteiger partial charge in [0.05, 0.1) is 18.2 Å². The van der Waals surface area contributed by atoms with Gasteiger partial charge in [-0.1, -0.05) is 22.9 Å². The Hall–Kier alpha value is -0.490. The van der Waals surface area contributed by atoms with Gasteiger partial charge < -0.3 is 4.74 Å². The monoisotopic (exact) mass is 330 g/mol. The Morgan fingerprint density at radius 2 is 2.00 bits per heavy atom. The molecule has 1 aliphatic rings. The van der Waals surface area contributed by atoms with Gasteiger partial charge in [-0.2, -0.15) is 0 Å². The first kappa shape index (κ1) is 14.9. The fourth-order valence-corrected chi connectivity index (χ4v) is 3.41. The lowest BCUT2D eigenvalue weighted by molar-refractivity contribution is 0.0473. The summed E-state index contributed by atoms with van der Waals surface area (Å²) < 4.78 is 20.7. The van der Waals surface area contributed by atoms with Gasteiger partial charge in [0.25, 0.3) is 0 Å². The maximum atomic E-state index is 14.1. The molecular formula is C14H20BrFN2O. The number of halogens is 2. The minimum atomic E-state index is -0.257. The first-order valence-electron chi connectivity index (χ1n) is 6.52. The van der Waals surface area contributed by atoms with Crippen LogP contribution in [-0.4, -0.2) is 12.2 Å². The zero-order valence-electron chi connectivity index (χ0n) is 11.4. The van der Waals surface area contributed by atoms with Crippen LogP contribution in [-0.2, 0) is 4.74 Å². The van der Waals surface area contributed by atoms with Crippen molar-refractivity contribution in [2.75, 3.05) is 0 Å². The molecule has 5 unspecified atom stereocenters. The van der Waals surface area contributed by atoms with Crippen molar-refractivity contribution in [2.45, 2.75) is 39.0 Å². The predicted molar refractivity (Wildman–Crippen MR) is 76.8 cm³/mol. The van der Waals surface area contributed by atoms with E-state index in [-0.39, 0.29) is 30.0 Å². The van der Waals surface area contributed by atoms with Gasteiger partial charge in [-0.15, -0.1) is 0 Å². The van der Waals surface area contributed by atoms with Crippen LogP contribution in [0.3, 0.4) is 0 Å². The Balaban J connectivity index is 2.37. The molecule has 0 aliphatic carbocycles. The van der Waals surface area contributed by atoms with Crippen molar-refractivity contribution in [3.63, 3.8) is 0 Å². The third-order valence-electron chi connectivity index (χ3n) is 4.18. The number of nitrogens with two attached hydrogens (primary N) is 1. The molecule has 0 spiro atoms. The second kappa shape index (κ2) is 5.87. The molecule has 5 atom stereocenters. The predicted octanol–water partition coefficient (Wildman–Crippen LogP) is 3.15. The van der Waals surface area contributed by atoms with Gasteiger partial charge in [0, 0.05) is 16.0 Å². The third kappa shape index (κ3) is 2.84. The highest BCUT2D eigenvalue weighted by Crippen LogP contribution is 2.41. The van der Waals surface area contributed by atoms with E-state index < -0.39 is 0 Å². The molecule has 1 aromatic rings. The van der Waals surface area contributed by atoms with Gasteiger partial charge in [-0.05, 0) is 38.0 Å². The van der Waals surface area contributed by atoms with Gasteiger partial charge in [-0.25, -0.2) is 4.39 Å². The van der Waals surface area contributed by atoms with E-state index in [1.54, 1.807) is 12.1 Å². The Bertz CT molecular complexity index is 457. The van der Waals surface area contributed by atoms with Gasteiger partial charge in [0.15, 0.2) is 0 Å². The summed E-state index contributed by atoms with van der Waals surface area (Å²) in [6.07, 6.45) is 0.204. The van der Waals surface area contributed by atoms with Crippen LogP contribution in [0.1, 0.15) is 32.4 Å². The van der Waals surface area contributed by atoms with Crippen molar-refractivity contribution in [1.82, 2.24) is 5.43 Å². The molecule has 0 radical (unpaired) electrons. The minimum Gasteiger partial charge on any atom is -0.375 e. The molecule has 0 amide bonds. The molecule has 1 aromatic carbocycles. The van der Waals surface area contributed by atoms with E-state index in [0.29, 0.717) is 11.5 Å². The van der Waals surface area contributed by atoms with Crippen LogP contribution in [0.5, 0.6) is 0 Å². The lowest BCUT2D eigenvalue weighted by Crippen LogP contribution is -2.39. The van der Waals surface area contributed by atoms with Gasteiger partial charge in [-0.3, -0.25) is 11.3 Å². The number of hydrogen-bond donors (Lipinski definition) is 2. The summed E-state index contributed by atoms with van der Waals surface area (Å²) in [5.41, 5.74) is 3.35. The molecule has 3 nitrogen and oxygen atoms in total. The Morgan fingerprint density at radius 3 is 2.53 bits per heavy atom. The average molecular weight is 331 g/mol. The first-order valence-corrected chi connectivity index (χ1v) is 7.31. The SMILES string of the molecule is CC1OC(C)C(C(NN)c2cc(Br)ccc2F)C1C. The molecule has 19 heavy (non-hydrogen) atoms. The molecule has 0 aromatic heterocycles. The summed E-state index contributed by atoms with van der Waals surface area (Å²) in [5, 5.41) is 0. The third-order valence-corrected chi connectivity index (χ3v) is 4.67. The van der Waals surface area contributed by atoms with E-state index in [9.17, 15) is 4.39 Å². The van der Waals surface area contributed by atoms with E-state index in [0.717, 1.165) is 4.47 Å². The van der Waals surface area contributed by atoms with Crippen LogP contribution in [0, 0.1) is 17.7 Å². The van der Waals surface area contributed by atoms with Crippen molar-refractivity contribution in [3.05, 3.63) is 34.1 Å². The van der Waals surface area contributed by atoms with Crippen molar-refractivity contribution in [1.29, 1.82) is 0 Å². The highest BCUT2D eigenvalue weighted by molar-refractivity contribution is 9.10. The molecular weight excluding hydrogens is 311 g/mol. The summed E-state index contributed by atoms with van der Waals surface area (Å²) in [6, 6.07) is 4.67. The highest BCUT2D eigenvalue weighted by atomic mass is 79.9. The van der Waals surface area contributed by atoms with Crippen LogP contribution in [0.15, 0.2) is 22.7 Å². The van der Waals surface area contributed by atoms with Crippen LogP contribution in [0.2, 0.25) is 0 Å². The van der Waals surface area contributed by atoms with Crippen molar-refractivity contribution < 1.29 is 9.13 Å². The maximum Gasteiger partial charge on any atom is 0.128 e. The molecule has 2 rings (SSSR count). The summed E-state index contributed by atoms with van der Waals surface area (Å²) in [6.45, 7) is 6.19. The van der Waals surface area contributed by atoms with E-state index in [1.165, 1.54) is 6.07 Å². The smallest absolute Gasteiger partial charge is 0.128 e. The van der Waals surface area contributed by atoms with Gasteiger partial charge in [0.2, 0.25) is 0 Å². The number of hydrazine groups is 1. The van der Waals surface area contributed by atoms with E-state index in [4.69, 9.17) is 10.6 Å². The number of ether oxygens (including phenoxy) is 1. The normalized spacial score (nSPS) is 32.5. The lowest BCUT2D eigenvalue weighted by atomic mass is 9.80. The van der Waals surface area contributed by atoms with Gasteiger partial charge >= 0.3 is 0 Å². The molecule has 0 saturated carbocycles. The summed E-state index contributed by atoms with van der Waals surface area (Å²) in [5.74, 6) is 5.90. The number of nitrogens with one attached hydrogen (secondary N) is 1. The Labute approximate surface area is 121 Å². The van der Waals surface area contributed by atoms with E-state index >= 15 is 0 Å². The largest absolute Gasteiger partial charge is 0.375 e. The zero-order chi connectivity index (χ0) is 14.2. The highest BCUT2D eigenvalue weighted by Gasteiger charge is 2.42. The first-order chi connectivity index (χ1) is 8.95. The van der Waals surface area contributed by atoms with E-state index in [2.05, 4.69) is 28.3 Å². The average Bonchev–Trinajstić information content (AvgIpc) is 2.61. The molecule has 0 bridgehead atoms. The molecule has 1 aliphatic heterocycles. The Morgan fingerprint density at radius 1 is 1.32 bits per heavy atom. The fourth-order valence-electron chi connectivity index (χ4n) is 3.03.